The maximum absolute atomic E-state index is 13.4. The van der Waals surface area contributed by atoms with E-state index < -0.39 is 43.0 Å². The predicted molar refractivity (Wildman–Crippen MR) is 90.3 cm³/mol. The van der Waals surface area contributed by atoms with Crippen molar-refractivity contribution in [2.75, 3.05) is 18.1 Å². The van der Waals surface area contributed by atoms with Gasteiger partial charge in [-0.1, -0.05) is 18.2 Å². The molecule has 0 spiro atoms. The van der Waals surface area contributed by atoms with Crippen LogP contribution in [0.15, 0.2) is 53.4 Å². The van der Waals surface area contributed by atoms with Crippen molar-refractivity contribution < 1.29 is 25.6 Å². The van der Waals surface area contributed by atoms with Crippen LogP contribution >= 0.6 is 0 Å². The summed E-state index contributed by atoms with van der Waals surface area (Å²) in [5.74, 6) is -2.28. The van der Waals surface area contributed by atoms with Gasteiger partial charge in [-0.25, -0.2) is 30.3 Å². The van der Waals surface area contributed by atoms with Crippen LogP contribution in [-0.2, 0) is 26.3 Å². The van der Waals surface area contributed by atoms with E-state index in [2.05, 4.69) is 4.72 Å². The van der Waals surface area contributed by atoms with Crippen LogP contribution in [0.1, 0.15) is 5.56 Å². The number of sulfonamides is 1. The summed E-state index contributed by atoms with van der Waals surface area (Å²) in [6.45, 7) is -0.0418. The van der Waals surface area contributed by atoms with Gasteiger partial charge < -0.3 is 0 Å². The van der Waals surface area contributed by atoms with Crippen LogP contribution in [0, 0.1) is 11.6 Å². The van der Waals surface area contributed by atoms with Crippen molar-refractivity contribution in [2.24, 2.45) is 0 Å². The van der Waals surface area contributed by atoms with E-state index in [1.807, 2.05) is 0 Å². The first-order chi connectivity index (χ1) is 11.7. The topological polar surface area (TPSA) is 80.3 Å². The smallest absolute Gasteiger partial charge is 0.212 e. The Labute approximate surface area is 145 Å². The van der Waals surface area contributed by atoms with Gasteiger partial charge in [0.15, 0.2) is 9.84 Å². The van der Waals surface area contributed by atoms with Crippen molar-refractivity contribution >= 4 is 19.9 Å². The monoisotopic (exact) mass is 389 g/mol. The lowest BCUT2D eigenvalue weighted by atomic mass is 10.1. The van der Waals surface area contributed by atoms with Crippen LogP contribution < -0.4 is 4.72 Å². The van der Waals surface area contributed by atoms with E-state index in [0.29, 0.717) is 5.56 Å². The van der Waals surface area contributed by atoms with E-state index in [4.69, 9.17) is 0 Å². The summed E-state index contributed by atoms with van der Waals surface area (Å²) in [7, 11) is -7.68. The Bertz CT molecular complexity index is 927. The summed E-state index contributed by atoms with van der Waals surface area (Å²) >= 11 is 0. The molecule has 1 N–H and O–H groups in total. The molecule has 9 heteroatoms. The fourth-order valence-electron chi connectivity index (χ4n) is 2.09. The quantitative estimate of drug-likeness (QED) is 0.700. The molecule has 2 rings (SSSR count). The molecular weight excluding hydrogens is 372 g/mol. The molecule has 0 saturated carbocycles. The second-order valence-corrected chi connectivity index (χ2v) is 9.36. The van der Waals surface area contributed by atoms with Gasteiger partial charge >= 0.3 is 0 Å². The highest BCUT2D eigenvalue weighted by Gasteiger charge is 2.19. The summed E-state index contributed by atoms with van der Waals surface area (Å²) < 4.78 is 76.5. The Morgan fingerprint density at radius 3 is 2.12 bits per heavy atom. The summed E-state index contributed by atoms with van der Waals surface area (Å²) in [4.78, 5) is -0.143. The normalized spacial score (nSPS) is 12.2. The van der Waals surface area contributed by atoms with Gasteiger partial charge in [-0.3, -0.25) is 0 Å². The molecule has 0 radical (unpaired) electrons. The van der Waals surface area contributed by atoms with Crippen molar-refractivity contribution in [1.29, 1.82) is 0 Å². The lowest BCUT2D eigenvalue weighted by molar-refractivity contribution is 0.574. The Morgan fingerprint density at radius 1 is 0.840 bits per heavy atom. The average Bonchev–Trinajstić information content (AvgIpc) is 2.55. The van der Waals surface area contributed by atoms with Gasteiger partial charge in [0, 0.05) is 6.54 Å². The van der Waals surface area contributed by atoms with Crippen molar-refractivity contribution in [3.8, 4) is 0 Å². The lowest BCUT2D eigenvalue weighted by Crippen LogP contribution is -2.31. The molecule has 0 aliphatic carbocycles. The maximum Gasteiger partial charge on any atom is 0.212 e. The summed E-state index contributed by atoms with van der Waals surface area (Å²) in [5.41, 5.74) is 0.365. The second kappa shape index (κ2) is 8.03. The molecule has 0 fully saturated rings. The largest absolute Gasteiger partial charge is 0.224 e. The number of nitrogens with one attached hydrogen (secondary N) is 1. The molecule has 2 aromatic rings. The van der Waals surface area contributed by atoms with Gasteiger partial charge in [0.05, 0.1) is 16.4 Å². The van der Waals surface area contributed by atoms with Gasteiger partial charge in [-0.05, 0) is 42.3 Å². The molecule has 0 aliphatic heterocycles. The van der Waals surface area contributed by atoms with Gasteiger partial charge in [-0.15, -0.1) is 0 Å². The molecule has 0 unspecified atom stereocenters. The van der Waals surface area contributed by atoms with Crippen molar-refractivity contribution in [1.82, 2.24) is 4.72 Å². The zero-order chi connectivity index (χ0) is 18.5. The van der Waals surface area contributed by atoms with E-state index in [1.165, 1.54) is 12.1 Å². The SMILES string of the molecule is O=S(=O)(CCS(=O)(=O)c1ccc(F)cc1)NCCc1ccccc1F. The molecule has 0 aromatic heterocycles. The summed E-state index contributed by atoms with van der Waals surface area (Å²) in [6.07, 6.45) is 0.149. The number of rotatable bonds is 8. The Balaban J connectivity index is 1.90. The average molecular weight is 389 g/mol. The molecule has 0 atom stereocenters. The first-order valence-corrected chi connectivity index (χ1v) is 10.7. The first-order valence-electron chi connectivity index (χ1n) is 7.39. The van der Waals surface area contributed by atoms with E-state index in [1.54, 1.807) is 12.1 Å². The van der Waals surface area contributed by atoms with Crippen molar-refractivity contribution in [3.05, 3.63) is 65.7 Å². The Hall–Kier alpha value is -1.84. The molecule has 5 nitrogen and oxygen atoms in total. The van der Waals surface area contributed by atoms with Crippen LogP contribution in [0.25, 0.3) is 0 Å². The standard InChI is InChI=1S/C16H17F2NO4S2/c17-14-5-7-15(8-6-14)24(20,21)11-12-25(22,23)19-10-9-13-3-1-2-4-16(13)18/h1-8,19H,9-12H2. The molecule has 25 heavy (non-hydrogen) atoms. The molecule has 0 amide bonds. The zero-order valence-electron chi connectivity index (χ0n) is 13.2. The third kappa shape index (κ3) is 5.87. The predicted octanol–water partition coefficient (Wildman–Crippen LogP) is 1.90. The minimum Gasteiger partial charge on any atom is -0.224 e. The molecule has 2 aromatic carbocycles. The molecule has 0 heterocycles. The summed E-state index contributed by atoms with van der Waals surface area (Å²) in [6, 6.07) is 10.2. The third-order valence-electron chi connectivity index (χ3n) is 3.47. The fourth-order valence-corrected chi connectivity index (χ4v) is 5.19. The third-order valence-corrected chi connectivity index (χ3v) is 6.84. The van der Waals surface area contributed by atoms with Crippen LogP contribution in [0.2, 0.25) is 0 Å². The van der Waals surface area contributed by atoms with Crippen LogP contribution in [0.4, 0.5) is 8.78 Å². The zero-order valence-corrected chi connectivity index (χ0v) is 14.8. The highest BCUT2D eigenvalue weighted by atomic mass is 32.2. The Kier molecular flexibility index (Phi) is 6.26. The lowest BCUT2D eigenvalue weighted by Gasteiger charge is -2.08. The van der Waals surface area contributed by atoms with Gasteiger partial charge in [0.25, 0.3) is 0 Å². The van der Waals surface area contributed by atoms with E-state index in [-0.39, 0.29) is 17.9 Å². The summed E-state index contributed by atoms with van der Waals surface area (Å²) in [5, 5.41) is 0. The molecule has 0 bridgehead atoms. The molecular formula is C16H17F2NO4S2. The maximum atomic E-state index is 13.4. The van der Waals surface area contributed by atoms with Gasteiger partial charge in [-0.2, -0.15) is 0 Å². The number of benzene rings is 2. The number of hydrogen-bond donors (Lipinski definition) is 1. The first kappa shape index (κ1) is 19.5. The van der Waals surface area contributed by atoms with Crippen molar-refractivity contribution in [2.45, 2.75) is 11.3 Å². The van der Waals surface area contributed by atoms with Crippen LogP contribution in [-0.4, -0.2) is 34.9 Å². The van der Waals surface area contributed by atoms with E-state index in [0.717, 1.165) is 24.3 Å². The Morgan fingerprint density at radius 2 is 1.48 bits per heavy atom. The number of sulfone groups is 1. The van der Waals surface area contributed by atoms with Gasteiger partial charge in [0.1, 0.15) is 11.6 Å². The van der Waals surface area contributed by atoms with Crippen LogP contribution in [0.5, 0.6) is 0 Å². The van der Waals surface area contributed by atoms with E-state index >= 15 is 0 Å². The minimum atomic E-state index is -3.84. The fraction of sp³-hybridized carbons (Fsp3) is 0.250. The van der Waals surface area contributed by atoms with Crippen LogP contribution in [0.3, 0.4) is 0 Å². The van der Waals surface area contributed by atoms with E-state index in [9.17, 15) is 25.6 Å². The number of halogens is 2. The highest BCUT2D eigenvalue weighted by Crippen LogP contribution is 2.12. The highest BCUT2D eigenvalue weighted by molar-refractivity contribution is 7.94. The van der Waals surface area contributed by atoms with Crippen molar-refractivity contribution in [3.63, 3.8) is 0 Å². The second-order valence-electron chi connectivity index (χ2n) is 5.33. The number of hydrogen-bond acceptors (Lipinski definition) is 4. The van der Waals surface area contributed by atoms with Gasteiger partial charge in [0.2, 0.25) is 10.0 Å². The molecule has 136 valence electrons. The molecule has 0 saturated heterocycles. The molecule has 0 aliphatic rings. The minimum absolute atomic E-state index is 0.0418.